The van der Waals surface area contributed by atoms with E-state index in [0.717, 1.165) is 0 Å². The Morgan fingerprint density at radius 3 is 2.72 bits per heavy atom. The van der Waals surface area contributed by atoms with Crippen LogP contribution in [0.3, 0.4) is 0 Å². The number of non-ortho nitro benzene ring substituents is 1. The summed E-state index contributed by atoms with van der Waals surface area (Å²) in [5.74, 6) is 0.563. The van der Waals surface area contributed by atoms with E-state index in [1.165, 1.54) is 40.7 Å². The molecule has 0 saturated carbocycles. The van der Waals surface area contributed by atoms with Crippen LogP contribution in [0, 0.1) is 15.9 Å². The van der Waals surface area contributed by atoms with Gasteiger partial charge in [-0.3, -0.25) is 10.1 Å². The molecule has 2 aromatic carbocycles. The lowest BCUT2D eigenvalue weighted by molar-refractivity contribution is -0.384. The Balaban J connectivity index is 1.79. The van der Waals surface area contributed by atoms with E-state index in [1.54, 1.807) is 24.3 Å². The first kappa shape index (κ1) is 15.5. The third-order valence-electron chi connectivity index (χ3n) is 3.64. The molecule has 4 rings (SSSR count). The minimum Gasteiger partial charge on any atom is -0.258 e. The zero-order chi connectivity index (χ0) is 17.4. The van der Waals surface area contributed by atoms with E-state index in [4.69, 9.17) is 0 Å². The SMILES string of the molecule is O=[N+]([O-])c1cccc(C2=Nn3c(nnc3-c3cccc(F)c3)SC2)c1. The van der Waals surface area contributed by atoms with Gasteiger partial charge in [0, 0.05) is 29.0 Å². The second-order valence-electron chi connectivity index (χ2n) is 5.27. The van der Waals surface area contributed by atoms with E-state index < -0.39 is 4.92 Å². The van der Waals surface area contributed by atoms with Crippen molar-refractivity contribution in [3.8, 4) is 11.4 Å². The molecule has 0 N–H and O–H groups in total. The smallest absolute Gasteiger partial charge is 0.258 e. The molecule has 3 aromatic rings. The van der Waals surface area contributed by atoms with Crippen LogP contribution < -0.4 is 0 Å². The molecule has 2 heterocycles. The summed E-state index contributed by atoms with van der Waals surface area (Å²) in [5.41, 5.74) is 1.89. The summed E-state index contributed by atoms with van der Waals surface area (Å²) in [7, 11) is 0. The van der Waals surface area contributed by atoms with Gasteiger partial charge in [-0.05, 0) is 12.1 Å². The molecule has 0 unspecified atom stereocenters. The van der Waals surface area contributed by atoms with E-state index in [9.17, 15) is 14.5 Å². The number of benzene rings is 2. The first-order valence-electron chi connectivity index (χ1n) is 7.28. The lowest BCUT2D eigenvalue weighted by Crippen LogP contribution is -2.14. The van der Waals surface area contributed by atoms with Crippen molar-refractivity contribution in [1.82, 2.24) is 14.9 Å². The Morgan fingerprint density at radius 2 is 1.92 bits per heavy atom. The number of aromatic nitrogens is 3. The highest BCUT2D eigenvalue weighted by Gasteiger charge is 2.21. The largest absolute Gasteiger partial charge is 0.270 e. The number of nitrogens with zero attached hydrogens (tertiary/aromatic N) is 5. The van der Waals surface area contributed by atoms with Gasteiger partial charge in [-0.1, -0.05) is 36.0 Å². The van der Waals surface area contributed by atoms with Crippen LogP contribution in [-0.4, -0.2) is 31.3 Å². The fraction of sp³-hybridized carbons (Fsp3) is 0.0625. The van der Waals surface area contributed by atoms with Gasteiger partial charge in [-0.15, -0.1) is 10.2 Å². The number of fused-ring (bicyclic) bond motifs is 1. The summed E-state index contributed by atoms with van der Waals surface area (Å²) < 4.78 is 15.0. The number of hydrogen-bond donors (Lipinski definition) is 0. The number of nitro groups is 1. The van der Waals surface area contributed by atoms with Gasteiger partial charge >= 0.3 is 0 Å². The van der Waals surface area contributed by atoms with Crippen LogP contribution >= 0.6 is 11.8 Å². The molecule has 7 nitrogen and oxygen atoms in total. The number of hydrogen-bond acceptors (Lipinski definition) is 6. The highest BCUT2D eigenvalue weighted by molar-refractivity contribution is 7.99. The summed E-state index contributed by atoms with van der Waals surface area (Å²) in [6.45, 7) is 0. The van der Waals surface area contributed by atoms with Crippen LogP contribution in [0.5, 0.6) is 0 Å². The van der Waals surface area contributed by atoms with Crippen LogP contribution in [0.2, 0.25) is 0 Å². The lowest BCUT2D eigenvalue weighted by atomic mass is 10.1. The second-order valence-corrected chi connectivity index (χ2v) is 6.21. The van der Waals surface area contributed by atoms with Gasteiger partial charge in [0.25, 0.3) is 5.69 Å². The summed E-state index contributed by atoms with van der Waals surface area (Å²) in [4.78, 5) is 10.5. The van der Waals surface area contributed by atoms with Gasteiger partial charge in [-0.2, -0.15) is 9.78 Å². The van der Waals surface area contributed by atoms with E-state index in [1.807, 2.05) is 0 Å². The molecule has 124 valence electrons. The van der Waals surface area contributed by atoms with Gasteiger partial charge in [0.2, 0.25) is 5.16 Å². The minimum atomic E-state index is -0.442. The predicted octanol–water partition coefficient (Wildman–Crippen LogP) is 3.35. The molecule has 25 heavy (non-hydrogen) atoms. The molecule has 1 aliphatic rings. The minimum absolute atomic E-state index is 0.00473. The topological polar surface area (TPSA) is 86.2 Å². The maximum atomic E-state index is 13.5. The fourth-order valence-electron chi connectivity index (χ4n) is 2.48. The summed E-state index contributed by atoms with van der Waals surface area (Å²) in [5, 5.41) is 24.2. The van der Waals surface area contributed by atoms with Crippen molar-refractivity contribution in [2.24, 2.45) is 5.10 Å². The molecule has 9 heteroatoms. The molecule has 0 bridgehead atoms. The Bertz CT molecular complexity index is 1020. The maximum absolute atomic E-state index is 13.5. The Kier molecular flexibility index (Phi) is 3.77. The fourth-order valence-corrected chi connectivity index (χ4v) is 3.31. The molecule has 0 radical (unpaired) electrons. The Morgan fingerprint density at radius 1 is 1.12 bits per heavy atom. The predicted molar refractivity (Wildman–Crippen MR) is 91.2 cm³/mol. The van der Waals surface area contributed by atoms with Crippen LogP contribution in [0.1, 0.15) is 5.56 Å². The third-order valence-corrected chi connectivity index (χ3v) is 4.57. The normalized spacial score (nSPS) is 13.2. The maximum Gasteiger partial charge on any atom is 0.270 e. The molecule has 1 aliphatic heterocycles. The number of nitro benzene ring substituents is 1. The van der Waals surface area contributed by atoms with Crippen molar-refractivity contribution in [2.75, 3.05) is 5.75 Å². The van der Waals surface area contributed by atoms with Gasteiger partial charge in [0.05, 0.1) is 10.6 Å². The second kappa shape index (κ2) is 6.10. The third kappa shape index (κ3) is 2.89. The van der Waals surface area contributed by atoms with Crippen molar-refractivity contribution in [3.05, 3.63) is 70.0 Å². The molecule has 1 aromatic heterocycles. The van der Waals surface area contributed by atoms with Crippen LogP contribution in [0.4, 0.5) is 10.1 Å². The van der Waals surface area contributed by atoms with Gasteiger partial charge in [0.1, 0.15) is 5.82 Å². The lowest BCUT2D eigenvalue weighted by Gasteiger charge is -2.13. The highest BCUT2D eigenvalue weighted by atomic mass is 32.2. The van der Waals surface area contributed by atoms with E-state index in [2.05, 4.69) is 15.3 Å². The molecular formula is C16H10FN5O2S. The molecule has 0 fully saturated rings. The highest BCUT2D eigenvalue weighted by Crippen LogP contribution is 2.29. The molecule has 0 amide bonds. The van der Waals surface area contributed by atoms with Gasteiger partial charge in [0.15, 0.2) is 5.82 Å². The Labute approximate surface area is 145 Å². The van der Waals surface area contributed by atoms with Crippen molar-refractivity contribution in [3.63, 3.8) is 0 Å². The molecule has 0 spiro atoms. The molecule has 0 aliphatic carbocycles. The zero-order valence-electron chi connectivity index (χ0n) is 12.7. The zero-order valence-corrected chi connectivity index (χ0v) is 13.5. The number of halogens is 1. The average Bonchev–Trinajstić information content (AvgIpc) is 3.05. The van der Waals surface area contributed by atoms with E-state index >= 15 is 0 Å². The quantitative estimate of drug-likeness (QED) is 0.531. The first-order chi connectivity index (χ1) is 12.1. The van der Waals surface area contributed by atoms with Crippen molar-refractivity contribution < 1.29 is 9.31 Å². The van der Waals surface area contributed by atoms with Crippen molar-refractivity contribution >= 4 is 23.2 Å². The Hall–Kier alpha value is -3.07. The van der Waals surface area contributed by atoms with Crippen LogP contribution in [0.25, 0.3) is 11.4 Å². The summed E-state index contributed by atoms with van der Waals surface area (Å²) in [6, 6.07) is 12.3. The summed E-state index contributed by atoms with van der Waals surface area (Å²) >= 11 is 1.42. The van der Waals surface area contributed by atoms with Gasteiger partial charge in [-0.25, -0.2) is 4.39 Å². The van der Waals surface area contributed by atoms with Gasteiger partial charge < -0.3 is 0 Å². The molecule has 0 atom stereocenters. The standard InChI is InChI=1S/C16H10FN5O2S/c17-12-5-1-4-11(7-12)15-18-19-16-21(15)20-14(9-25-16)10-3-2-6-13(8-10)22(23)24/h1-8H,9H2. The van der Waals surface area contributed by atoms with E-state index in [0.29, 0.717) is 33.6 Å². The van der Waals surface area contributed by atoms with Crippen LogP contribution in [0.15, 0.2) is 58.8 Å². The van der Waals surface area contributed by atoms with Crippen molar-refractivity contribution in [2.45, 2.75) is 5.16 Å². The van der Waals surface area contributed by atoms with E-state index in [-0.39, 0.29) is 11.5 Å². The first-order valence-corrected chi connectivity index (χ1v) is 8.27. The van der Waals surface area contributed by atoms with Crippen molar-refractivity contribution in [1.29, 1.82) is 0 Å². The number of thioether (sulfide) groups is 1. The summed E-state index contributed by atoms with van der Waals surface area (Å²) in [6.07, 6.45) is 0. The molecular weight excluding hydrogens is 345 g/mol. The molecule has 0 saturated heterocycles. The number of rotatable bonds is 3. The average molecular weight is 355 g/mol. The van der Waals surface area contributed by atoms with Crippen LogP contribution in [-0.2, 0) is 0 Å². The monoisotopic (exact) mass is 355 g/mol.